The van der Waals surface area contributed by atoms with Crippen molar-refractivity contribution in [3.63, 3.8) is 0 Å². The fourth-order valence-electron chi connectivity index (χ4n) is 3.71. The van der Waals surface area contributed by atoms with Crippen LogP contribution in [0, 0.1) is 18.3 Å². The largest absolute Gasteiger partial charge is 0.368 e. The van der Waals surface area contributed by atoms with Crippen LogP contribution in [-0.2, 0) is 28.9 Å². The maximum atomic E-state index is 11.8. The number of nitriles is 1. The van der Waals surface area contributed by atoms with Gasteiger partial charge in [-0.05, 0) is 31.5 Å². The molecule has 1 aromatic carbocycles. The van der Waals surface area contributed by atoms with Crippen molar-refractivity contribution in [1.82, 2.24) is 9.97 Å². The molecule has 1 fully saturated rings. The number of azo groups is 1. The van der Waals surface area contributed by atoms with Crippen LogP contribution in [-0.4, -0.2) is 57.7 Å². The molecule has 0 saturated carbocycles. The average molecular weight is 632 g/mol. The molecule has 0 radical (unpaired) electrons. The van der Waals surface area contributed by atoms with Gasteiger partial charge in [0.2, 0.25) is 5.13 Å². The standard InChI is InChI=1S/C20H21N7O9S4/c1-11-13(10-21)19(27-7-5-16(27)40(30,31)32)24-18(22-6-2-8-37-35-33-28)17(11)25-26-20-23-14-4-3-12(39-36-34-29)9-15(14)38-20/h3-4,9,16,28-29H,2,5-8H2,1H3,(H,22,24)(H,30,31,32). The van der Waals surface area contributed by atoms with Gasteiger partial charge >= 0.3 is 0 Å². The summed E-state index contributed by atoms with van der Waals surface area (Å²) >= 11 is 2.93. The lowest BCUT2D eigenvalue weighted by atomic mass is 10.1. The van der Waals surface area contributed by atoms with Crippen molar-refractivity contribution in [2.45, 2.75) is 30.0 Å². The van der Waals surface area contributed by atoms with Crippen LogP contribution < -0.4 is 10.2 Å². The van der Waals surface area contributed by atoms with Crippen molar-refractivity contribution in [2.24, 2.45) is 10.2 Å². The first-order valence-electron chi connectivity index (χ1n) is 11.2. The number of nitrogens with one attached hydrogen (secondary N) is 1. The third-order valence-corrected chi connectivity index (χ3v) is 8.88. The van der Waals surface area contributed by atoms with Crippen LogP contribution in [0.3, 0.4) is 0 Å². The van der Waals surface area contributed by atoms with E-state index >= 15 is 0 Å². The highest BCUT2D eigenvalue weighted by Gasteiger charge is 2.40. The summed E-state index contributed by atoms with van der Waals surface area (Å²) in [5.41, 5.74) is 1.38. The molecule has 0 bridgehead atoms. The minimum Gasteiger partial charge on any atom is -0.368 e. The first-order chi connectivity index (χ1) is 19.3. The Morgan fingerprint density at radius 2 is 2.08 bits per heavy atom. The van der Waals surface area contributed by atoms with Crippen molar-refractivity contribution < 1.29 is 42.2 Å². The monoisotopic (exact) mass is 631 g/mol. The Bertz CT molecular complexity index is 1530. The highest BCUT2D eigenvalue weighted by atomic mass is 32.2. The number of hydrogen-bond acceptors (Lipinski definition) is 18. The zero-order valence-electron chi connectivity index (χ0n) is 20.5. The van der Waals surface area contributed by atoms with E-state index in [1.807, 2.05) is 0 Å². The van der Waals surface area contributed by atoms with Gasteiger partial charge in [0.25, 0.3) is 10.1 Å². The Hall–Kier alpha value is -2.68. The molecule has 16 nitrogen and oxygen atoms in total. The zero-order valence-corrected chi connectivity index (χ0v) is 23.7. The number of thiazole rings is 1. The van der Waals surface area contributed by atoms with Gasteiger partial charge in [0, 0.05) is 47.8 Å². The average Bonchev–Trinajstić information content (AvgIpc) is 3.29. The Morgan fingerprint density at radius 3 is 2.75 bits per heavy atom. The van der Waals surface area contributed by atoms with Crippen LogP contribution >= 0.6 is 35.4 Å². The number of nitrogens with zero attached hydrogens (tertiary/aromatic N) is 6. The highest BCUT2D eigenvalue weighted by molar-refractivity contribution is 7.94. The topological polar surface area (TPSA) is 221 Å². The molecule has 3 aromatic rings. The number of benzene rings is 1. The molecule has 1 aliphatic heterocycles. The van der Waals surface area contributed by atoms with E-state index in [-0.39, 0.29) is 35.9 Å². The summed E-state index contributed by atoms with van der Waals surface area (Å²) < 4.78 is 42.8. The molecular formula is C20H21N7O9S4. The minimum atomic E-state index is -4.39. The first kappa shape index (κ1) is 30.3. The molecule has 0 aliphatic carbocycles. The third kappa shape index (κ3) is 7.14. The summed E-state index contributed by atoms with van der Waals surface area (Å²) in [6.45, 7) is 2.28. The van der Waals surface area contributed by atoms with Gasteiger partial charge < -0.3 is 10.2 Å². The second-order valence-electron chi connectivity index (χ2n) is 7.99. The van der Waals surface area contributed by atoms with Crippen LogP contribution in [0.2, 0.25) is 0 Å². The number of rotatable bonds is 14. The third-order valence-electron chi connectivity index (χ3n) is 5.61. The highest BCUT2D eigenvalue weighted by Crippen LogP contribution is 2.40. The first-order valence-corrected chi connectivity index (χ1v) is 15.2. The molecule has 3 heterocycles. The van der Waals surface area contributed by atoms with Crippen molar-refractivity contribution in [2.75, 3.05) is 29.1 Å². The molecule has 214 valence electrons. The van der Waals surface area contributed by atoms with Gasteiger partial charge in [-0.2, -0.15) is 13.7 Å². The predicted molar refractivity (Wildman–Crippen MR) is 146 cm³/mol. The Kier molecular flexibility index (Phi) is 10.4. The summed E-state index contributed by atoms with van der Waals surface area (Å²) in [5.74, 6) is 0.785. The normalized spacial score (nSPS) is 15.5. The number of fused-ring (bicyclic) bond motifs is 1. The van der Waals surface area contributed by atoms with Gasteiger partial charge in [-0.1, -0.05) is 21.4 Å². The fraction of sp³-hybridized carbons (Fsp3) is 0.350. The van der Waals surface area contributed by atoms with E-state index in [1.54, 1.807) is 25.1 Å². The SMILES string of the molecule is Cc1c(C#N)c(N2CCC2S(=O)(=O)O)nc(NCCCSOOO)c1N=Nc1nc2ccc(SOOO)cc2s1. The van der Waals surface area contributed by atoms with Crippen LogP contribution in [0.25, 0.3) is 10.2 Å². The van der Waals surface area contributed by atoms with E-state index in [4.69, 9.17) is 10.5 Å². The molecule has 1 saturated heterocycles. The lowest BCUT2D eigenvalue weighted by Gasteiger charge is -2.40. The summed E-state index contributed by atoms with van der Waals surface area (Å²) in [7, 11) is -4.39. The van der Waals surface area contributed by atoms with Crippen LogP contribution in [0.5, 0.6) is 0 Å². The van der Waals surface area contributed by atoms with Crippen LogP contribution in [0.1, 0.15) is 24.0 Å². The van der Waals surface area contributed by atoms with Crippen molar-refractivity contribution >= 4 is 78.2 Å². The molecule has 1 unspecified atom stereocenters. The van der Waals surface area contributed by atoms with Crippen molar-refractivity contribution in [1.29, 1.82) is 5.26 Å². The summed E-state index contributed by atoms with van der Waals surface area (Å²) in [6.07, 6.45) is 0.733. The van der Waals surface area contributed by atoms with Gasteiger partial charge in [-0.3, -0.25) is 4.55 Å². The van der Waals surface area contributed by atoms with E-state index in [0.29, 0.717) is 39.8 Å². The summed E-state index contributed by atoms with van der Waals surface area (Å²) in [4.78, 5) is 10.9. The molecule has 0 amide bonds. The number of aromatic nitrogens is 2. The Balaban J connectivity index is 1.66. The fourth-order valence-corrected chi connectivity index (χ4v) is 6.31. The van der Waals surface area contributed by atoms with Gasteiger partial charge in [0.1, 0.15) is 11.8 Å². The molecule has 1 aliphatic rings. The van der Waals surface area contributed by atoms with E-state index in [9.17, 15) is 18.2 Å². The number of anilines is 2. The number of hydrogen-bond donors (Lipinski definition) is 4. The maximum Gasteiger partial charge on any atom is 0.286 e. The maximum absolute atomic E-state index is 11.8. The molecule has 40 heavy (non-hydrogen) atoms. The molecule has 4 rings (SSSR count). The summed E-state index contributed by atoms with van der Waals surface area (Å²) in [5, 5.41) is 44.5. The van der Waals surface area contributed by atoms with E-state index < -0.39 is 15.5 Å². The van der Waals surface area contributed by atoms with Crippen LogP contribution in [0.15, 0.2) is 33.3 Å². The smallest absolute Gasteiger partial charge is 0.286 e. The van der Waals surface area contributed by atoms with Gasteiger partial charge in [0.15, 0.2) is 17.0 Å². The quantitative estimate of drug-likeness (QED) is 0.0458. The van der Waals surface area contributed by atoms with Crippen molar-refractivity contribution in [3.05, 3.63) is 29.3 Å². The minimum absolute atomic E-state index is 0.0916. The van der Waals surface area contributed by atoms with Crippen molar-refractivity contribution in [3.8, 4) is 6.07 Å². The predicted octanol–water partition coefficient (Wildman–Crippen LogP) is 5.01. The van der Waals surface area contributed by atoms with E-state index in [1.165, 1.54) is 16.2 Å². The molecular weight excluding hydrogens is 611 g/mol. The Morgan fingerprint density at radius 1 is 1.27 bits per heavy atom. The Labute approximate surface area is 239 Å². The molecule has 20 heteroatoms. The molecule has 4 N–H and O–H groups in total. The summed E-state index contributed by atoms with van der Waals surface area (Å²) in [6, 6.07) is 7.28. The molecule has 2 aromatic heterocycles. The van der Waals surface area contributed by atoms with Gasteiger partial charge in [0.05, 0.1) is 27.8 Å². The van der Waals surface area contributed by atoms with Crippen LogP contribution in [0.4, 0.5) is 22.5 Å². The molecule has 1 atom stereocenters. The second-order valence-corrected chi connectivity index (χ2v) is 12.1. The number of pyridine rings is 1. The van der Waals surface area contributed by atoms with Gasteiger partial charge in [-0.15, -0.1) is 18.9 Å². The lowest BCUT2D eigenvalue weighted by Crippen LogP contribution is -2.53. The lowest BCUT2D eigenvalue weighted by molar-refractivity contribution is -0.432. The molecule has 0 spiro atoms. The van der Waals surface area contributed by atoms with E-state index in [2.05, 4.69) is 50.3 Å². The second kappa shape index (κ2) is 13.8. The van der Waals surface area contributed by atoms with E-state index in [0.717, 1.165) is 28.8 Å². The zero-order chi connectivity index (χ0) is 28.7. The van der Waals surface area contributed by atoms with Gasteiger partial charge in [-0.25, -0.2) is 20.5 Å².